The van der Waals surface area contributed by atoms with Gasteiger partial charge in [-0.15, -0.1) is 0 Å². The summed E-state index contributed by atoms with van der Waals surface area (Å²) in [5.74, 6) is 2.94. The molecule has 144 valence electrons. The first kappa shape index (κ1) is 21.0. The predicted octanol–water partition coefficient (Wildman–Crippen LogP) is 3.52. The van der Waals surface area contributed by atoms with E-state index in [0.29, 0.717) is 6.61 Å². The lowest BCUT2D eigenvalue weighted by Gasteiger charge is -2.15. The van der Waals surface area contributed by atoms with E-state index in [4.69, 9.17) is 9.47 Å². The third kappa shape index (κ3) is 5.57. The standard InChI is InChI=1S/C21H25NO4S/c1-5-21(25-4)26-16-19-9-7-6-8-18(19)14-15-22(3)27(23,24)20-12-10-17(2)11-13-20/h6-13,21H,5,16H2,1-4H3/t21-/m0/s1. The summed E-state index contributed by atoms with van der Waals surface area (Å²) in [7, 11) is -0.618. The minimum Gasteiger partial charge on any atom is -0.356 e. The largest absolute Gasteiger partial charge is 0.356 e. The van der Waals surface area contributed by atoms with E-state index in [1.54, 1.807) is 31.4 Å². The fraction of sp³-hybridized carbons (Fsp3) is 0.333. The van der Waals surface area contributed by atoms with Gasteiger partial charge in [-0.25, -0.2) is 12.7 Å². The minimum atomic E-state index is -3.66. The Morgan fingerprint density at radius 2 is 1.78 bits per heavy atom. The van der Waals surface area contributed by atoms with Crippen molar-refractivity contribution in [1.82, 2.24) is 4.31 Å². The molecule has 0 aromatic heterocycles. The molecule has 2 aromatic rings. The molecule has 1 atom stereocenters. The zero-order chi connectivity index (χ0) is 19.9. The monoisotopic (exact) mass is 387 g/mol. The lowest BCUT2D eigenvalue weighted by Crippen LogP contribution is -2.22. The van der Waals surface area contributed by atoms with Crippen molar-refractivity contribution >= 4 is 10.0 Å². The lowest BCUT2D eigenvalue weighted by molar-refractivity contribution is -0.132. The van der Waals surface area contributed by atoms with E-state index >= 15 is 0 Å². The van der Waals surface area contributed by atoms with E-state index in [-0.39, 0.29) is 11.2 Å². The topological polar surface area (TPSA) is 55.8 Å². The van der Waals surface area contributed by atoms with Gasteiger partial charge >= 0.3 is 0 Å². The van der Waals surface area contributed by atoms with Crippen molar-refractivity contribution in [1.29, 1.82) is 0 Å². The van der Waals surface area contributed by atoms with Gasteiger partial charge in [0.25, 0.3) is 10.0 Å². The molecule has 0 aliphatic carbocycles. The van der Waals surface area contributed by atoms with Crippen LogP contribution in [0.2, 0.25) is 0 Å². The Balaban J connectivity index is 2.20. The van der Waals surface area contributed by atoms with E-state index in [1.807, 2.05) is 38.1 Å². The van der Waals surface area contributed by atoms with Crippen LogP contribution in [-0.2, 0) is 26.1 Å². The van der Waals surface area contributed by atoms with Gasteiger partial charge in [-0.3, -0.25) is 0 Å². The summed E-state index contributed by atoms with van der Waals surface area (Å²) in [6, 6.07) is 16.9. The molecule has 0 bridgehead atoms. The first-order valence-electron chi connectivity index (χ1n) is 8.68. The summed E-state index contributed by atoms with van der Waals surface area (Å²) in [4.78, 5) is 0.215. The molecule has 0 saturated heterocycles. The third-order valence-corrected chi connectivity index (χ3v) is 5.75. The Bertz CT molecular complexity index is 907. The van der Waals surface area contributed by atoms with Crippen LogP contribution in [0.5, 0.6) is 0 Å². The summed E-state index contributed by atoms with van der Waals surface area (Å²) in [5, 5.41) is 0. The smallest absolute Gasteiger partial charge is 0.270 e. The number of sulfonamides is 1. The van der Waals surface area contributed by atoms with Crippen molar-refractivity contribution in [2.24, 2.45) is 0 Å². The van der Waals surface area contributed by atoms with E-state index in [2.05, 4.69) is 12.0 Å². The van der Waals surface area contributed by atoms with Crippen molar-refractivity contribution in [2.75, 3.05) is 14.2 Å². The zero-order valence-corrected chi connectivity index (χ0v) is 16.9. The molecule has 0 spiro atoms. The molecule has 0 aliphatic rings. The summed E-state index contributed by atoms with van der Waals surface area (Å²) < 4.78 is 37.2. The molecule has 0 fully saturated rings. The number of aryl methyl sites for hydroxylation is 1. The highest BCUT2D eigenvalue weighted by molar-refractivity contribution is 7.89. The number of hydrogen-bond donors (Lipinski definition) is 0. The van der Waals surface area contributed by atoms with Crippen molar-refractivity contribution in [3.63, 3.8) is 0 Å². The molecule has 27 heavy (non-hydrogen) atoms. The van der Waals surface area contributed by atoms with Crippen LogP contribution < -0.4 is 0 Å². The number of benzene rings is 2. The number of methoxy groups -OCH3 is 1. The highest BCUT2D eigenvalue weighted by atomic mass is 32.2. The van der Waals surface area contributed by atoms with Gasteiger partial charge < -0.3 is 9.47 Å². The predicted molar refractivity (Wildman–Crippen MR) is 105 cm³/mol. The number of hydrogen-bond acceptors (Lipinski definition) is 4. The highest BCUT2D eigenvalue weighted by Gasteiger charge is 2.18. The molecule has 6 heteroatoms. The molecule has 2 rings (SSSR count). The second kappa shape index (κ2) is 9.56. The maximum atomic E-state index is 12.6. The molecule has 0 saturated carbocycles. The first-order chi connectivity index (χ1) is 12.9. The second-order valence-electron chi connectivity index (χ2n) is 6.06. The molecular formula is C21H25NO4S. The van der Waals surface area contributed by atoms with Crippen LogP contribution >= 0.6 is 0 Å². The van der Waals surface area contributed by atoms with Crippen LogP contribution in [-0.4, -0.2) is 33.2 Å². The van der Waals surface area contributed by atoms with E-state index < -0.39 is 10.0 Å². The number of ether oxygens (including phenoxy) is 2. The average molecular weight is 388 g/mol. The van der Waals surface area contributed by atoms with Gasteiger partial charge in [-0.1, -0.05) is 42.8 Å². The maximum absolute atomic E-state index is 12.6. The molecule has 5 nitrogen and oxygen atoms in total. The Kier molecular flexibility index (Phi) is 7.43. The zero-order valence-electron chi connectivity index (χ0n) is 16.1. The fourth-order valence-electron chi connectivity index (χ4n) is 2.37. The molecule has 0 unspecified atom stereocenters. The first-order valence-corrected chi connectivity index (χ1v) is 10.1. The molecule has 0 amide bonds. The van der Waals surface area contributed by atoms with Gasteiger partial charge in [0.2, 0.25) is 0 Å². The van der Waals surface area contributed by atoms with Crippen LogP contribution in [0.4, 0.5) is 0 Å². The maximum Gasteiger partial charge on any atom is 0.270 e. The second-order valence-corrected chi connectivity index (χ2v) is 8.03. The van der Waals surface area contributed by atoms with Crippen molar-refractivity contribution in [2.45, 2.75) is 38.1 Å². The van der Waals surface area contributed by atoms with E-state index in [9.17, 15) is 8.42 Å². The van der Waals surface area contributed by atoms with Gasteiger partial charge in [0, 0.05) is 25.8 Å². The number of nitrogens with zero attached hydrogens (tertiary/aromatic N) is 1. The molecule has 0 N–H and O–H groups in total. The van der Waals surface area contributed by atoms with Gasteiger partial charge in [-0.05, 0) is 43.0 Å². The highest BCUT2D eigenvalue weighted by Crippen LogP contribution is 2.15. The van der Waals surface area contributed by atoms with Crippen LogP contribution in [0.1, 0.15) is 30.0 Å². The molecular weight excluding hydrogens is 362 g/mol. The SMILES string of the molecule is CC[C@@H](OC)OCc1ccccc1C#CN(C)S(=O)(=O)c1ccc(C)cc1. The average Bonchev–Trinajstić information content (AvgIpc) is 2.68. The van der Waals surface area contributed by atoms with Gasteiger partial charge in [0.05, 0.1) is 11.5 Å². The van der Waals surface area contributed by atoms with Crippen molar-refractivity contribution in [3.05, 3.63) is 65.2 Å². The Hall–Kier alpha value is -2.33. The molecule has 2 aromatic carbocycles. The van der Waals surface area contributed by atoms with E-state index in [1.165, 1.54) is 7.05 Å². The summed E-state index contributed by atoms with van der Waals surface area (Å²) in [6.45, 7) is 4.22. The Morgan fingerprint density at radius 1 is 1.11 bits per heavy atom. The summed E-state index contributed by atoms with van der Waals surface area (Å²) in [5.41, 5.74) is 2.59. The fourth-order valence-corrected chi connectivity index (χ4v) is 3.33. The van der Waals surface area contributed by atoms with Crippen molar-refractivity contribution in [3.8, 4) is 12.0 Å². The van der Waals surface area contributed by atoms with Gasteiger partial charge in [0.1, 0.15) is 0 Å². The lowest BCUT2D eigenvalue weighted by atomic mass is 10.1. The van der Waals surface area contributed by atoms with Gasteiger partial charge in [-0.2, -0.15) is 0 Å². The van der Waals surface area contributed by atoms with Crippen LogP contribution in [0.3, 0.4) is 0 Å². The van der Waals surface area contributed by atoms with Crippen LogP contribution in [0.15, 0.2) is 53.4 Å². The van der Waals surface area contributed by atoms with Crippen molar-refractivity contribution < 1.29 is 17.9 Å². The Morgan fingerprint density at radius 3 is 2.41 bits per heavy atom. The normalized spacial score (nSPS) is 12.1. The molecule has 0 aliphatic heterocycles. The van der Waals surface area contributed by atoms with Crippen LogP contribution in [0.25, 0.3) is 0 Å². The Labute approximate surface area is 162 Å². The molecule has 0 heterocycles. The minimum absolute atomic E-state index is 0.215. The van der Waals surface area contributed by atoms with E-state index in [0.717, 1.165) is 27.4 Å². The number of rotatable bonds is 7. The third-order valence-electron chi connectivity index (χ3n) is 4.07. The summed E-state index contributed by atoms with van der Waals surface area (Å²) >= 11 is 0. The molecule has 0 radical (unpaired) electrons. The quantitative estimate of drug-likeness (QED) is 0.414. The van der Waals surface area contributed by atoms with Crippen LogP contribution in [0, 0.1) is 18.9 Å². The summed E-state index contributed by atoms with van der Waals surface area (Å²) in [6.07, 6.45) is 0.456. The van der Waals surface area contributed by atoms with Gasteiger partial charge in [0.15, 0.2) is 6.29 Å².